The Kier molecular flexibility index (Phi) is 6.99. The van der Waals surface area contributed by atoms with Crippen molar-refractivity contribution in [1.29, 1.82) is 0 Å². The van der Waals surface area contributed by atoms with E-state index in [4.69, 9.17) is 0 Å². The van der Waals surface area contributed by atoms with Crippen LogP contribution in [0.25, 0.3) is 0 Å². The summed E-state index contributed by atoms with van der Waals surface area (Å²) in [5.74, 6) is -0.463. The van der Waals surface area contributed by atoms with Gasteiger partial charge in [0.15, 0.2) is 0 Å². The first-order valence-electron chi connectivity index (χ1n) is 10.1. The van der Waals surface area contributed by atoms with Gasteiger partial charge < -0.3 is 10.6 Å². The number of halogens is 1. The maximum atomic E-state index is 13.7. The summed E-state index contributed by atoms with van der Waals surface area (Å²) in [6.45, 7) is 5.42. The molecule has 1 aliphatic rings. The van der Waals surface area contributed by atoms with Crippen LogP contribution in [0.3, 0.4) is 0 Å². The number of carbonyl (C=O) groups is 2. The average Bonchev–Trinajstić information content (AvgIpc) is 2.75. The van der Waals surface area contributed by atoms with Crippen LogP contribution in [-0.2, 0) is 16.1 Å². The van der Waals surface area contributed by atoms with E-state index in [1.54, 1.807) is 19.1 Å². The van der Waals surface area contributed by atoms with Crippen molar-refractivity contribution in [1.82, 2.24) is 10.2 Å². The normalized spacial score (nSPS) is 16.2. The molecule has 1 atom stereocenters. The molecule has 0 aromatic heterocycles. The second-order valence-electron chi connectivity index (χ2n) is 7.64. The number of amides is 2. The number of hydrogen-bond acceptors (Lipinski definition) is 3. The fourth-order valence-corrected chi connectivity index (χ4v) is 3.56. The minimum absolute atomic E-state index is 0.0311. The van der Waals surface area contributed by atoms with E-state index in [9.17, 15) is 14.0 Å². The van der Waals surface area contributed by atoms with Crippen LogP contribution in [0.15, 0.2) is 48.5 Å². The summed E-state index contributed by atoms with van der Waals surface area (Å²) in [6.07, 6.45) is 1.44. The number of benzene rings is 2. The Morgan fingerprint density at radius 3 is 2.48 bits per heavy atom. The molecule has 29 heavy (non-hydrogen) atoms. The van der Waals surface area contributed by atoms with Crippen LogP contribution in [0.1, 0.15) is 30.9 Å². The van der Waals surface area contributed by atoms with E-state index in [1.165, 1.54) is 6.07 Å². The molecule has 1 fully saturated rings. The first-order valence-corrected chi connectivity index (χ1v) is 10.1. The van der Waals surface area contributed by atoms with Gasteiger partial charge in [-0.05, 0) is 63.0 Å². The van der Waals surface area contributed by atoms with Crippen molar-refractivity contribution in [2.24, 2.45) is 5.92 Å². The van der Waals surface area contributed by atoms with Crippen molar-refractivity contribution < 1.29 is 14.0 Å². The van der Waals surface area contributed by atoms with Crippen LogP contribution in [0, 0.1) is 18.7 Å². The van der Waals surface area contributed by atoms with Gasteiger partial charge in [-0.2, -0.15) is 0 Å². The molecule has 1 aliphatic heterocycles. The predicted molar refractivity (Wildman–Crippen MR) is 112 cm³/mol. The summed E-state index contributed by atoms with van der Waals surface area (Å²) in [7, 11) is 0. The van der Waals surface area contributed by atoms with Crippen LogP contribution in [0.5, 0.6) is 0 Å². The van der Waals surface area contributed by atoms with Gasteiger partial charge in [0.1, 0.15) is 5.82 Å². The third-order valence-electron chi connectivity index (χ3n) is 5.58. The first-order chi connectivity index (χ1) is 13.9. The standard InChI is InChI=1S/C23H28FN3O2/c1-16-8-9-20(14-21(16)24)26-22(28)17(2)27-12-10-19(11-13-27)23(29)25-15-18-6-4-3-5-7-18/h3-9,14,17,19H,10-13,15H2,1-2H3,(H,25,29)(H,26,28)/t17-/m1/s1. The van der Waals surface area contributed by atoms with Crippen molar-refractivity contribution in [2.45, 2.75) is 39.3 Å². The van der Waals surface area contributed by atoms with Gasteiger partial charge >= 0.3 is 0 Å². The zero-order chi connectivity index (χ0) is 20.8. The Hall–Kier alpha value is -2.73. The lowest BCUT2D eigenvalue weighted by Gasteiger charge is -2.34. The van der Waals surface area contributed by atoms with Crippen LogP contribution >= 0.6 is 0 Å². The van der Waals surface area contributed by atoms with Gasteiger partial charge in [0.25, 0.3) is 0 Å². The number of likely N-dealkylation sites (tertiary alicyclic amines) is 1. The lowest BCUT2D eigenvalue weighted by molar-refractivity contribution is -0.127. The van der Waals surface area contributed by atoms with E-state index >= 15 is 0 Å². The van der Waals surface area contributed by atoms with E-state index in [-0.39, 0.29) is 29.6 Å². The minimum atomic E-state index is -0.340. The summed E-state index contributed by atoms with van der Waals surface area (Å²) in [5.41, 5.74) is 2.08. The van der Waals surface area contributed by atoms with Gasteiger partial charge in [-0.1, -0.05) is 36.4 Å². The number of piperidine rings is 1. The van der Waals surface area contributed by atoms with Crippen molar-refractivity contribution in [2.75, 3.05) is 18.4 Å². The highest BCUT2D eigenvalue weighted by atomic mass is 19.1. The molecular weight excluding hydrogens is 369 g/mol. The molecule has 2 aromatic rings. The molecule has 2 N–H and O–H groups in total. The van der Waals surface area contributed by atoms with Gasteiger partial charge in [-0.15, -0.1) is 0 Å². The van der Waals surface area contributed by atoms with Crippen LogP contribution in [-0.4, -0.2) is 35.8 Å². The topological polar surface area (TPSA) is 61.4 Å². The SMILES string of the molecule is Cc1ccc(NC(=O)[C@@H](C)N2CCC(C(=O)NCc3ccccc3)CC2)cc1F. The predicted octanol–water partition coefficient (Wildman–Crippen LogP) is 3.49. The molecule has 5 nitrogen and oxygen atoms in total. The molecule has 0 unspecified atom stereocenters. The van der Waals surface area contributed by atoms with Crippen molar-refractivity contribution >= 4 is 17.5 Å². The van der Waals surface area contributed by atoms with Crippen molar-refractivity contribution in [3.63, 3.8) is 0 Å². The Labute approximate surface area is 171 Å². The minimum Gasteiger partial charge on any atom is -0.352 e. The van der Waals surface area contributed by atoms with Gasteiger partial charge in [0.2, 0.25) is 11.8 Å². The van der Waals surface area contributed by atoms with Gasteiger partial charge in [0, 0.05) is 18.2 Å². The van der Waals surface area contributed by atoms with Gasteiger partial charge in [-0.25, -0.2) is 4.39 Å². The Morgan fingerprint density at radius 2 is 1.83 bits per heavy atom. The zero-order valence-electron chi connectivity index (χ0n) is 17.0. The lowest BCUT2D eigenvalue weighted by Crippen LogP contribution is -2.48. The molecular formula is C23H28FN3O2. The number of carbonyl (C=O) groups excluding carboxylic acids is 2. The smallest absolute Gasteiger partial charge is 0.241 e. The van der Waals surface area contributed by atoms with Crippen LogP contribution < -0.4 is 10.6 Å². The Bertz CT molecular complexity index is 848. The van der Waals surface area contributed by atoms with E-state index in [0.29, 0.717) is 30.9 Å². The van der Waals surface area contributed by atoms with Crippen molar-refractivity contribution in [3.8, 4) is 0 Å². The maximum Gasteiger partial charge on any atom is 0.241 e. The van der Waals surface area contributed by atoms with Gasteiger partial charge in [0.05, 0.1) is 6.04 Å². The molecule has 0 saturated carbocycles. The molecule has 1 heterocycles. The second-order valence-corrected chi connectivity index (χ2v) is 7.64. The highest BCUT2D eigenvalue weighted by Crippen LogP contribution is 2.21. The molecule has 0 spiro atoms. The number of anilines is 1. The number of nitrogens with zero attached hydrogens (tertiary/aromatic N) is 1. The summed E-state index contributed by atoms with van der Waals surface area (Å²) in [6, 6.07) is 14.2. The zero-order valence-corrected chi connectivity index (χ0v) is 17.0. The first kappa shape index (κ1) is 21.0. The Morgan fingerprint density at radius 1 is 1.14 bits per heavy atom. The maximum absolute atomic E-state index is 13.7. The summed E-state index contributed by atoms with van der Waals surface area (Å²) >= 11 is 0. The van der Waals surface area contributed by atoms with E-state index in [0.717, 1.165) is 18.4 Å². The van der Waals surface area contributed by atoms with E-state index in [1.807, 2.05) is 37.3 Å². The quantitative estimate of drug-likeness (QED) is 0.784. The summed E-state index contributed by atoms with van der Waals surface area (Å²) in [5, 5.41) is 5.79. The number of rotatable bonds is 6. The monoisotopic (exact) mass is 397 g/mol. The van der Waals surface area contributed by atoms with Crippen molar-refractivity contribution in [3.05, 3.63) is 65.5 Å². The molecule has 1 saturated heterocycles. The van der Waals surface area contributed by atoms with Gasteiger partial charge in [-0.3, -0.25) is 14.5 Å². The molecule has 0 aliphatic carbocycles. The fourth-order valence-electron chi connectivity index (χ4n) is 3.56. The third kappa shape index (κ3) is 5.64. The highest BCUT2D eigenvalue weighted by Gasteiger charge is 2.29. The van der Waals surface area contributed by atoms with Crippen LogP contribution in [0.2, 0.25) is 0 Å². The average molecular weight is 397 g/mol. The molecule has 2 amide bonds. The molecule has 0 radical (unpaired) electrons. The summed E-state index contributed by atoms with van der Waals surface area (Å²) < 4.78 is 13.7. The lowest BCUT2D eigenvalue weighted by atomic mass is 9.94. The second kappa shape index (κ2) is 9.65. The molecule has 3 rings (SSSR count). The number of hydrogen-bond donors (Lipinski definition) is 2. The molecule has 154 valence electrons. The number of nitrogens with one attached hydrogen (secondary N) is 2. The fraction of sp³-hybridized carbons (Fsp3) is 0.391. The third-order valence-corrected chi connectivity index (χ3v) is 5.58. The summed E-state index contributed by atoms with van der Waals surface area (Å²) in [4.78, 5) is 27.0. The number of aryl methyl sites for hydroxylation is 1. The molecule has 6 heteroatoms. The Balaban J connectivity index is 1.45. The van der Waals surface area contributed by atoms with E-state index in [2.05, 4.69) is 15.5 Å². The van der Waals surface area contributed by atoms with E-state index < -0.39 is 0 Å². The van der Waals surface area contributed by atoms with Crippen LogP contribution in [0.4, 0.5) is 10.1 Å². The molecule has 0 bridgehead atoms. The largest absolute Gasteiger partial charge is 0.352 e. The highest BCUT2D eigenvalue weighted by molar-refractivity contribution is 5.94. The molecule has 2 aromatic carbocycles.